The van der Waals surface area contributed by atoms with Gasteiger partial charge in [-0.2, -0.15) is 0 Å². The maximum absolute atomic E-state index is 11.1. The highest BCUT2D eigenvalue weighted by Gasteiger charge is 2.02. The van der Waals surface area contributed by atoms with Gasteiger partial charge < -0.3 is 0 Å². The van der Waals surface area contributed by atoms with Crippen LogP contribution >= 0.6 is 0 Å². The molecule has 0 aliphatic rings. The van der Waals surface area contributed by atoms with Gasteiger partial charge in [0, 0.05) is 18.3 Å². The average Bonchev–Trinajstić information content (AvgIpc) is 2.03. The molecular formula is C8H12N2O2. The van der Waals surface area contributed by atoms with Gasteiger partial charge in [-0.25, -0.2) is 4.79 Å². The molecule has 1 rings (SSSR count). The highest BCUT2D eigenvalue weighted by Crippen LogP contribution is 2.03. The van der Waals surface area contributed by atoms with E-state index in [1.807, 2.05) is 13.8 Å². The third kappa shape index (κ3) is 1.64. The van der Waals surface area contributed by atoms with Crippen LogP contribution in [0.2, 0.25) is 0 Å². The van der Waals surface area contributed by atoms with E-state index in [1.165, 1.54) is 16.8 Å². The maximum Gasteiger partial charge on any atom is 0.328 e. The number of hydrogen-bond donors (Lipinski definition) is 1. The van der Waals surface area contributed by atoms with Crippen LogP contribution in [0.3, 0.4) is 0 Å². The summed E-state index contributed by atoms with van der Waals surface area (Å²) in [4.78, 5) is 24.0. The van der Waals surface area contributed by atoms with Gasteiger partial charge in [-0.15, -0.1) is 0 Å². The molecule has 1 N–H and O–H groups in total. The minimum atomic E-state index is -0.348. The predicted molar refractivity (Wildman–Crippen MR) is 46.3 cm³/mol. The Labute approximate surface area is 69.9 Å². The molecule has 0 aromatic carbocycles. The van der Waals surface area contributed by atoms with E-state index in [-0.39, 0.29) is 17.3 Å². The summed E-state index contributed by atoms with van der Waals surface area (Å²) >= 11 is 0. The van der Waals surface area contributed by atoms with Crippen LogP contribution in [-0.2, 0) is 0 Å². The molecule has 0 fully saturated rings. The van der Waals surface area contributed by atoms with Crippen LogP contribution in [0.15, 0.2) is 21.9 Å². The van der Waals surface area contributed by atoms with Gasteiger partial charge in [0.1, 0.15) is 0 Å². The summed E-state index contributed by atoms with van der Waals surface area (Å²) in [6.45, 7) is 3.92. The van der Waals surface area contributed by atoms with Crippen molar-refractivity contribution in [3.63, 3.8) is 0 Å². The van der Waals surface area contributed by atoms with E-state index in [9.17, 15) is 9.59 Å². The van der Waals surface area contributed by atoms with Crippen molar-refractivity contribution in [2.75, 3.05) is 0 Å². The number of nitrogens with zero attached hydrogens (tertiary/aromatic N) is 1. The standard InChI is InChI=1S/C8H12N2O2/c1-3-6(2)10-5-4-7(11)9-8(10)12/h4-6H,3H2,1-2H3,(H,9,11,12). The van der Waals surface area contributed by atoms with Gasteiger partial charge in [-0.1, -0.05) is 6.92 Å². The number of aromatic nitrogens is 2. The molecule has 0 amide bonds. The van der Waals surface area contributed by atoms with Gasteiger partial charge in [0.2, 0.25) is 0 Å². The second kappa shape index (κ2) is 3.38. The number of H-pyrrole nitrogens is 1. The summed E-state index contributed by atoms with van der Waals surface area (Å²) in [7, 11) is 0. The lowest BCUT2D eigenvalue weighted by Gasteiger charge is -2.10. The highest BCUT2D eigenvalue weighted by molar-refractivity contribution is 4.84. The van der Waals surface area contributed by atoms with Crippen LogP contribution in [-0.4, -0.2) is 9.55 Å². The molecule has 0 aliphatic heterocycles. The van der Waals surface area contributed by atoms with Crippen molar-refractivity contribution < 1.29 is 0 Å². The number of hydrogen-bond acceptors (Lipinski definition) is 2. The first kappa shape index (κ1) is 8.77. The smallest absolute Gasteiger partial charge is 0.298 e. The molecule has 1 aromatic heterocycles. The monoisotopic (exact) mass is 168 g/mol. The van der Waals surface area contributed by atoms with Crippen molar-refractivity contribution in [2.24, 2.45) is 0 Å². The molecule has 0 spiro atoms. The summed E-state index contributed by atoms with van der Waals surface area (Å²) in [5.74, 6) is 0. The van der Waals surface area contributed by atoms with Gasteiger partial charge in [0.15, 0.2) is 0 Å². The van der Waals surface area contributed by atoms with E-state index in [4.69, 9.17) is 0 Å². The first-order valence-electron chi connectivity index (χ1n) is 3.96. The van der Waals surface area contributed by atoms with Crippen LogP contribution < -0.4 is 11.2 Å². The molecule has 0 bridgehead atoms. The zero-order chi connectivity index (χ0) is 9.14. The lowest BCUT2D eigenvalue weighted by Crippen LogP contribution is -2.30. The Hall–Kier alpha value is -1.32. The molecule has 0 radical (unpaired) electrons. The van der Waals surface area contributed by atoms with Crippen molar-refractivity contribution >= 4 is 0 Å². The lowest BCUT2D eigenvalue weighted by atomic mass is 10.2. The Morgan fingerprint density at radius 2 is 2.25 bits per heavy atom. The normalized spacial score (nSPS) is 12.8. The average molecular weight is 168 g/mol. The molecule has 0 saturated heterocycles. The first-order valence-corrected chi connectivity index (χ1v) is 3.96. The maximum atomic E-state index is 11.1. The van der Waals surface area contributed by atoms with Gasteiger partial charge in [-0.3, -0.25) is 14.3 Å². The fraction of sp³-hybridized carbons (Fsp3) is 0.500. The van der Waals surface area contributed by atoms with Crippen LogP contribution in [0.1, 0.15) is 26.3 Å². The largest absolute Gasteiger partial charge is 0.328 e. The first-order chi connectivity index (χ1) is 5.65. The molecule has 1 unspecified atom stereocenters. The summed E-state index contributed by atoms with van der Waals surface area (Å²) in [6.07, 6.45) is 2.39. The van der Waals surface area contributed by atoms with E-state index in [1.54, 1.807) is 0 Å². The van der Waals surface area contributed by atoms with Crippen LogP contribution in [0, 0.1) is 0 Å². The second-order valence-electron chi connectivity index (χ2n) is 2.77. The molecule has 0 aliphatic carbocycles. The van der Waals surface area contributed by atoms with Crippen molar-refractivity contribution in [1.29, 1.82) is 0 Å². The quantitative estimate of drug-likeness (QED) is 0.699. The van der Waals surface area contributed by atoms with E-state index in [0.717, 1.165) is 6.42 Å². The lowest BCUT2D eigenvalue weighted by molar-refractivity contribution is 0.502. The molecule has 4 nitrogen and oxygen atoms in total. The van der Waals surface area contributed by atoms with Gasteiger partial charge >= 0.3 is 5.69 Å². The van der Waals surface area contributed by atoms with Crippen molar-refractivity contribution in [3.05, 3.63) is 33.1 Å². The molecule has 66 valence electrons. The summed E-state index contributed by atoms with van der Waals surface area (Å²) < 4.78 is 1.52. The summed E-state index contributed by atoms with van der Waals surface area (Å²) in [5.41, 5.74) is -0.684. The molecule has 4 heteroatoms. The van der Waals surface area contributed by atoms with Crippen LogP contribution in [0.4, 0.5) is 0 Å². The van der Waals surface area contributed by atoms with Crippen LogP contribution in [0.5, 0.6) is 0 Å². The van der Waals surface area contributed by atoms with Crippen molar-refractivity contribution in [3.8, 4) is 0 Å². The molecule has 1 heterocycles. The number of aromatic amines is 1. The Kier molecular flexibility index (Phi) is 2.47. The molecule has 1 atom stereocenters. The van der Waals surface area contributed by atoms with E-state index >= 15 is 0 Å². The Morgan fingerprint density at radius 1 is 1.58 bits per heavy atom. The van der Waals surface area contributed by atoms with E-state index in [0.29, 0.717) is 0 Å². The zero-order valence-corrected chi connectivity index (χ0v) is 7.20. The third-order valence-electron chi connectivity index (χ3n) is 1.92. The van der Waals surface area contributed by atoms with E-state index < -0.39 is 0 Å². The topological polar surface area (TPSA) is 54.9 Å². The Bertz CT molecular complexity index is 364. The van der Waals surface area contributed by atoms with Crippen molar-refractivity contribution in [1.82, 2.24) is 9.55 Å². The van der Waals surface area contributed by atoms with Crippen molar-refractivity contribution in [2.45, 2.75) is 26.3 Å². The van der Waals surface area contributed by atoms with Gasteiger partial charge in [-0.05, 0) is 13.3 Å². The minimum absolute atomic E-state index is 0.134. The van der Waals surface area contributed by atoms with Gasteiger partial charge in [0.25, 0.3) is 5.56 Å². The Morgan fingerprint density at radius 3 is 2.75 bits per heavy atom. The van der Waals surface area contributed by atoms with Crippen LogP contribution in [0.25, 0.3) is 0 Å². The Balaban J connectivity index is 3.19. The second-order valence-corrected chi connectivity index (χ2v) is 2.77. The SMILES string of the molecule is CCC(C)n1ccc(=O)[nH]c1=O. The number of nitrogens with one attached hydrogen (secondary N) is 1. The van der Waals surface area contributed by atoms with Gasteiger partial charge in [0.05, 0.1) is 0 Å². The third-order valence-corrected chi connectivity index (χ3v) is 1.92. The summed E-state index contributed by atoms with van der Waals surface area (Å²) in [5, 5.41) is 0. The molecule has 0 saturated carbocycles. The fourth-order valence-electron chi connectivity index (χ4n) is 0.971. The molecular weight excluding hydrogens is 156 g/mol. The highest BCUT2D eigenvalue weighted by atomic mass is 16.2. The molecule has 12 heavy (non-hydrogen) atoms. The fourth-order valence-corrected chi connectivity index (χ4v) is 0.971. The zero-order valence-electron chi connectivity index (χ0n) is 7.20. The summed E-state index contributed by atoms with van der Waals surface area (Å²) in [6, 6.07) is 1.49. The minimum Gasteiger partial charge on any atom is -0.298 e. The number of rotatable bonds is 2. The molecule has 1 aromatic rings. The predicted octanol–water partition coefficient (Wildman–Crippen LogP) is 0.508. The van der Waals surface area contributed by atoms with E-state index in [2.05, 4.69) is 4.98 Å².